The predicted octanol–water partition coefficient (Wildman–Crippen LogP) is 3.36. The minimum atomic E-state index is 0.0499. The van der Waals surface area contributed by atoms with Crippen LogP contribution in [0.2, 0.25) is 0 Å². The second-order valence-electron chi connectivity index (χ2n) is 5.62. The van der Waals surface area contributed by atoms with Gasteiger partial charge < -0.3 is 15.5 Å². The number of nitrogens with two attached hydrogens (primary N) is 1. The van der Waals surface area contributed by atoms with Gasteiger partial charge in [-0.2, -0.15) is 0 Å². The molecular weight excluding hydrogens is 238 g/mol. The van der Waals surface area contributed by atoms with E-state index in [1.807, 2.05) is 31.3 Å². The van der Waals surface area contributed by atoms with Crippen molar-refractivity contribution in [2.75, 3.05) is 12.3 Å². The zero-order chi connectivity index (χ0) is 14.0. The molecule has 4 nitrogen and oxygen atoms in total. The van der Waals surface area contributed by atoms with E-state index in [1.165, 1.54) is 0 Å². The molecule has 1 aromatic carbocycles. The Balaban J connectivity index is 2.38. The molecule has 3 N–H and O–H groups in total. The Morgan fingerprint density at radius 2 is 2.00 bits per heavy atom. The molecule has 0 spiro atoms. The molecule has 4 heteroatoms. The van der Waals surface area contributed by atoms with Gasteiger partial charge in [0.1, 0.15) is 11.6 Å². The fourth-order valence-electron chi connectivity index (χ4n) is 1.86. The van der Waals surface area contributed by atoms with Crippen LogP contribution in [0.5, 0.6) is 5.75 Å². The average molecular weight is 259 g/mol. The van der Waals surface area contributed by atoms with Crippen LogP contribution in [0, 0.1) is 0 Å². The molecule has 0 radical (unpaired) electrons. The average Bonchev–Trinajstić information content (AvgIpc) is 2.77. The molecule has 0 amide bonds. The number of imidazole rings is 1. The Hall–Kier alpha value is -1.97. The largest absolute Gasteiger partial charge is 0.494 e. The smallest absolute Gasteiger partial charge is 0.137 e. The third-order valence-corrected chi connectivity index (χ3v) is 2.90. The maximum Gasteiger partial charge on any atom is 0.137 e. The minimum absolute atomic E-state index is 0.0499. The highest BCUT2D eigenvalue weighted by Gasteiger charge is 2.17. The number of benzene rings is 1. The van der Waals surface area contributed by atoms with Crippen LogP contribution in [0.25, 0.3) is 11.4 Å². The van der Waals surface area contributed by atoms with Gasteiger partial charge in [0.05, 0.1) is 6.61 Å². The van der Waals surface area contributed by atoms with Gasteiger partial charge in [0, 0.05) is 34.6 Å². The first kappa shape index (κ1) is 13.5. The summed E-state index contributed by atoms with van der Waals surface area (Å²) in [7, 11) is 0. The molecule has 0 atom stereocenters. The second-order valence-corrected chi connectivity index (χ2v) is 5.62. The number of anilines is 1. The van der Waals surface area contributed by atoms with Crippen molar-refractivity contribution < 1.29 is 4.74 Å². The number of rotatable bonds is 3. The van der Waals surface area contributed by atoms with Gasteiger partial charge in [0.25, 0.3) is 0 Å². The van der Waals surface area contributed by atoms with E-state index in [-0.39, 0.29) is 5.41 Å². The van der Waals surface area contributed by atoms with E-state index in [9.17, 15) is 0 Å². The van der Waals surface area contributed by atoms with E-state index >= 15 is 0 Å². The first-order valence-corrected chi connectivity index (χ1v) is 6.49. The summed E-state index contributed by atoms with van der Waals surface area (Å²) in [5.41, 5.74) is 8.67. The quantitative estimate of drug-likeness (QED) is 0.831. The summed E-state index contributed by atoms with van der Waals surface area (Å²) in [5.74, 6) is 1.59. The molecule has 0 aliphatic heterocycles. The number of nitrogens with one attached hydrogen (secondary N) is 1. The van der Waals surface area contributed by atoms with Gasteiger partial charge in [-0.05, 0) is 19.1 Å². The predicted molar refractivity (Wildman–Crippen MR) is 78.3 cm³/mol. The highest BCUT2D eigenvalue weighted by atomic mass is 16.5. The van der Waals surface area contributed by atoms with Gasteiger partial charge in [-0.1, -0.05) is 20.8 Å². The van der Waals surface area contributed by atoms with Crippen molar-refractivity contribution in [1.82, 2.24) is 9.97 Å². The summed E-state index contributed by atoms with van der Waals surface area (Å²) in [6, 6.07) is 5.67. The zero-order valence-electron chi connectivity index (χ0n) is 11.9. The zero-order valence-corrected chi connectivity index (χ0v) is 11.9. The van der Waals surface area contributed by atoms with Gasteiger partial charge in [0.2, 0.25) is 0 Å². The maximum absolute atomic E-state index is 5.90. The normalized spacial score (nSPS) is 11.6. The first-order valence-electron chi connectivity index (χ1n) is 6.49. The topological polar surface area (TPSA) is 63.9 Å². The molecule has 1 heterocycles. The highest BCUT2D eigenvalue weighted by molar-refractivity contribution is 5.64. The number of nitrogen functional groups attached to an aromatic ring is 1. The molecule has 2 aromatic rings. The number of aromatic nitrogens is 2. The molecule has 19 heavy (non-hydrogen) atoms. The molecule has 102 valence electrons. The van der Waals surface area contributed by atoms with Gasteiger partial charge in [-0.3, -0.25) is 0 Å². The summed E-state index contributed by atoms with van der Waals surface area (Å²) < 4.78 is 5.50. The van der Waals surface area contributed by atoms with Crippen molar-refractivity contribution in [3.05, 3.63) is 30.1 Å². The molecule has 0 saturated heterocycles. The SMILES string of the molecule is CCOc1cc(N)cc(-c2ncc(C(C)(C)C)[nH]2)c1. The Kier molecular flexibility index (Phi) is 3.51. The fraction of sp³-hybridized carbons (Fsp3) is 0.400. The van der Waals surface area contributed by atoms with Gasteiger partial charge in [0.15, 0.2) is 0 Å². The monoisotopic (exact) mass is 259 g/mol. The molecule has 0 fully saturated rings. The summed E-state index contributed by atoms with van der Waals surface area (Å²) >= 11 is 0. The fourth-order valence-corrected chi connectivity index (χ4v) is 1.86. The highest BCUT2D eigenvalue weighted by Crippen LogP contribution is 2.28. The van der Waals surface area contributed by atoms with E-state index in [2.05, 4.69) is 30.7 Å². The number of aromatic amines is 1. The van der Waals surface area contributed by atoms with Crippen molar-refractivity contribution in [2.45, 2.75) is 33.1 Å². The van der Waals surface area contributed by atoms with Crippen LogP contribution in [0.4, 0.5) is 5.69 Å². The molecule has 0 saturated carbocycles. The lowest BCUT2D eigenvalue weighted by atomic mass is 9.93. The third kappa shape index (κ3) is 3.08. The molecule has 0 unspecified atom stereocenters. The molecule has 1 aromatic heterocycles. The van der Waals surface area contributed by atoms with Crippen molar-refractivity contribution in [2.24, 2.45) is 0 Å². The maximum atomic E-state index is 5.90. The lowest BCUT2D eigenvalue weighted by Gasteiger charge is -2.15. The number of hydrogen-bond donors (Lipinski definition) is 2. The molecular formula is C15H21N3O. The minimum Gasteiger partial charge on any atom is -0.494 e. The lowest BCUT2D eigenvalue weighted by Crippen LogP contribution is -2.11. The summed E-state index contributed by atoms with van der Waals surface area (Å²) in [6.07, 6.45) is 1.87. The van der Waals surface area contributed by atoms with E-state index in [4.69, 9.17) is 10.5 Å². The second kappa shape index (κ2) is 4.96. The van der Waals surface area contributed by atoms with Crippen molar-refractivity contribution >= 4 is 5.69 Å². The molecule has 0 bridgehead atoms. The molecule has 2 rings (SSSR count). The van der Waals surface area contributed by atoms with Crippen LogP contribution in [-0.2, 0) is 5.41 Å². The van der Waals surface area contributed by atoms with E-state index < -0.39 is 0 Å². The third-order valence-electron chi connectivity index (χ3n) is 2.90. The van der Waals surface area contributed by atoms with Crippen LogP contribution in [0.3, 0.4) is 0 Å². The van der Waals surface area contributed by atoms with Crippen LogP contribution in [-0.4, -0.2) is 16.6 Å². The Morgan fingerprint density at radius 3 is 2.58 bits per heavy atom. The number of hydrogen-bond acceptors (Lipinski definition) is 3. The summed E-state index contributed by atoms with van der Waals surface area (Å²) in [4.78, 5) is 7.77. The molecule has 0 aliphatic carbocycles. The Labute approximate surface area is 114 Å². The van der Waals surface area contributed by atoms with Gasteiger partial charge in [-0.25, -0.2) is 4.98 Å². The van der Waals surface area contributed by atoms with Crippen LogP contribution in [0.1, 0.15) is 33.4 Å². The van der Waals surface area contributed by atoms with E-state index in [0.717, 1.165) is 22.8 Å². The van der Waals surface area contributed by atoms with Gasteiger partial charge >= 0.3 is 0 Å². The van der Waals surface area contributed by atoms with E-state index in [1.54, 1.807) is 0 Å². The number of H-pyrrole nitrogens is 1. The molecule has 0 aliphatic rings. The van der Waals surface area contributed by atoms with Crippen LogP contribution >= 0.6 is 0 Å². The standard InChI is InChI=1S/C15H21N3O/c1-5-19-12-7-10(6-11(16)8-12)14-17-9-13(18-14)15(2,3)4/h6-9H,5,16H2,1-4H3,(H,17,18). The number of nitrogens with zero attached hydrogens (tertiary/aromatic N) is 1. The summed E-state index contributed by atoms with van der Waals surface area (Å²) in [6.45, 7) is 9.02. The first-order chi connectivity index (χ1) is 8.90. The lowest BCUT2D eigenvalue weighted by molar-refractivity contribution is 0.340. The van der Waals surface area contributed by atoms with Crippen LogP contribution in [0.15, 0.2) is 24.4 Å². The van der Waals surface area contributed by atoms with Crippen molar-refractivity contribution in [3.63, 3.8) is 0 Å². The Morgan fingerprint density at radius 1 is 1.26 bits per heavy atom. The van der Waals surface area contributed by atoms with E-state index in [0.29, 0.717) is 12.3 Å². The van der Waals surface area contributed by atoms with Crippen LogP contribution < -0.4 is 10.5 Å². The van der Waals surface area contributed by atoms with Gasteiger partial charge in [-0.15, -0.1) is 0 Å². The number of ether oxygens (including phenoxy) is 1. The summed E-state index contributed by atoms with van der Waals surface area (Å²) in [5, 5.41) is 0. The van der Waals surface area contributed by atoms with Crippen molar-refractivity contribution in [3.8, 4) is 17.1 Å². The Bertz CT molecular complexity index is 567. The van der Waals surface area contributed by atoms with Crippen molar-refractivity contribution in [1.29, 1.82) is 0 Å².